The number of para-hydroxylation sites is 1. The zero-order valence-electron chi connectivity index (χ0n) is 42.3. The van der Waals surface area contributed by atoms with Crippen molar-refractivity contribution in [3.05, 3.63) is 167 Å². The van der Waals surface area contributed by atoms with Crippen LogP contribution >= 0.6 is 0 Å². The number of phenols is 1. The van der Waals surface area contributed by atoms with Gasteiger partial charge in [-0.05, 0) is 96.4 Å². The number of rotatable bonds is 6. The molecule has 4 nitrogen and oxygen atoms in total. The first-order chi connectivity index (χ1) is 30.8. The molecule has 0 atom stereocenters. The summed E-state index contributed by atoms with van der Waals surface area (Å²) in [6.45, 7) is 33.5. The Kier molecular flexibility index (Phi) is 13.1. The molecule has 0 fully saturated rings. The molecule has 2 heterocycles. The monoisotopic (exact) mass is 1070 g/mol. The standard InChI is InChI=1S/C62H68N3O.Pt/c1-58(2,3)45-26-24-40(25-27-45)41-28-29-63-53(35-41)44-30-43(32-46(33-44)59(4,5)6)50-22-19-23-54-55(50)64-57(51-37-48(61(10,11)12)38-52(56(51)66)62(13,14)15)65(54)49-34-42(39-20-17-16-18-21-39)31-47(36-49)60(7,8)9;/h16-29,31-38,66H,1-15H3;/q-1;. The van der Waals surface area contributed by atoms with Crippen LogP contribution in [0.1, 0.15) is 132 Å². The molecule has 2 aromatic heterocycles. The number of pyridine rings is 1. The first-order valence-corrected chi connectivity index (χ1v) is 23.5. The fourth-order valence-electron chi connectivity index (χ4n) is 8.74. The molecule has 0 aliphatic carbocycles. The Balaban J connectivity index is 0.00000666. The predicted octanol–water partition coefficient (Wildman–Crippen LogP) is 16.7. The van der Waals surface area contributed by atoms with E-state index in [9.17, 15) is 5.11 Å². The van der Waals surface area contributed by atoms with Gasteiger partial charge in [0.15, 0.2) is 0 Å². The van der Waals surface area contributed by atoms with Gasteiger partial charge in [-0.25, -0.2) is 4.98 Å². The van der Waals surface area contributed by atoms with Crippen LogP contribution in [0.3, 0.4) is 0 Å². The summed E-state index contributed by atoms with van der Waals surface area (Å²) in [6.07, 6.45) is 1.91. The summed E-state index contributed by atoms with van der Waals surface area (Å²) in [5.41, 5.74) is 16.7. The van der Waals surface area contributed by atoms with Crippen molar-refractivity contribution in [3.8, 4) is 67.5 Å². The molecule has 8 rings (SSSR count). The van der Waals surface area contributed by atoms with Crippen LogP contribution in [0.2, 0.25) is 0 Å². The maximum Gasteiger partial charge on any atom is 0.148 e. The predicted molar refractivity (Wildman–Crippen MR) is 280 cm³/mol. The van der Waals surface area contributed by atoms with Gasteiger partial charge in [0, 0.05) is 44.2 Å². The van der Waals surface area contributed by atoms with Crippen LogP contribution in [0.15, 0.2) is 134 Å². The van der Waals surface area contributed by atoms with E-state index in [1.807, 2.05) is 6.20 Å². The van der Waals surface area contributed by atoms with Crippen LogP contribution < -0.4 is 0 Å². The molecule has 0 amide bonds. The van der Waals surface area contributed by atoms with E-state index < -0.39 is 0 Å². The molecule has 0 spiro atoms. The minimum Gasteiger partial charge on any atom is -0.507 e. The molecule has 0 unspecified atom stereocenters. The third-order valence-electron chi connectivity index (χ3n) is 13.0. The summed E-state index contributed by atoms with van der Waals surface area (Å²) in [5, 5.41) is 12.5. The Morgan fingerprint density at radius 3 is 1.66 bits per heavy atom. The van der Waals surface area contributed by atoms with E-state index in [4.69, 9.17) is 9.97 Å². The third-order valence-corrected chi connectivity index (χ3v) is 13.0. The average molecular weight is 1070 g/mol. The van der Waals surface area contributed by atoms with Crippen LogP contribution in [0.25, 0.3) is 72.7 Å². The second kappa shape index (κ2) is 17.8. The third kappa shape index (κ3) is 10.2. The van der Waals surface area contributed by atoms with Crippen molar-refractivity contribution in [2.24, 2.45) is 0 Å². The summed E-state index contributed by atoms with van der Waals surface area (Å²) in [5.74, 6) is 0.946. The van der Waals surface area contributed by atoms with Gasteiger partial charge in [0.2, 0.25) is 0 Å². The van der Waals surface area contributed by atoms with Gasteiger partial charge < -0.3 is 5.11 Å². The molecule has 8 aromatic rings. The summed E-state index contributed by atoms with van der Waals surface area (Å²) in [7, 11) is 0. The maximum atomic E-state index is 12.5. The molecular formula is C62H68N3OPt-. The van der Waals surface area contributed by atoms with Crippen molar-refractivity contribution >= 4 is 11.0 Å². The summed E-state index contributed by atoms with van der Waals surface area (Å²) in [6, 6.07) is 49.9. The van der Waals surface area contributed by atoms with E-state index >= 15 is 0 Å². The van der Waals surface area contributed by atoms with E-state index in [2.05, 4.69) is 242 Å². The van der Waals surface area contributed by atoms with Crippen molar-refractivity contribution in [1.29, 1.82) is 0 Å². The fraction of sp³-hybridized carbons (Fsp3) is 0.323. The first-order valence-electron chi connectivity index (χ1n) is 23.5. The number of hydrogen-bond donors (Lipinski definition) is 1. The van der Waals surface area contributed by atoms with E-state index in [1.165, 1.54) is 16.7 Å². The Morgan fingerprint density at radius 2 is 1.04 bits per heavy atom. The summed E-state index contributed by atoms with van der Waals surface area (Å²) in [4.78, 5) is 10.6. The molecule has 0 bridgehead atoms. The second-order valence-electron chi connectivity index (χ2n) is 23.5. The number of imidazole rings is 1. The molecule has 6 aromatic carbocycles. The Morgan fingerprint density at radius 1 is 0.463 bits per heavy atom. The van der Waals surface area contributed by atoms with Crippen LogP contribution in [0, 0.1) is 6.07 Å². The number of hydrogen-bond acceptors (Lipinski definition) is 3. The number of fused-ring (bicyclic) bond motifs is 1. The molecule has 0 radical (unpaired) electrons. The fourth-order valence-corrected chi connectivity index (χ4v) is 8.74. The van der Waals surface area contributed by atoms with E-state index in [-0.39, 0.29) is 53.9 Å². The molecule has 1 N–H and O–H groups in total. The molecule has 0 aliphatic rings. The quantitative estimate of drug-likeness (QED) is 0.169. The van der Waals surface area contributed by atoms with E-state index in [1.54, 1.807) is 0 Å². The molecule has 0 aliphatic heterocycles. The Bertz CT molecular complexity index is 3080. The van der Waals surface area contributed by atoms with Gasteiger partial charge in [-0.1, -0.05) is 200 Å². The number of nitrogens with zero attached hydrogens (tertiary/aromatic N) is 3. The Hall–Kier alpha value is -5.57. The van der Waals surface area contributed by atoms with E-state index in [0.29, 0.717) is 11.4 Å². The smallest absolute Gasteiger partial charge is 0.148 e. The van der Waals surface area contributed by atoms with Gasteiger partial charge in [-0.2, -0.15) is 0 Å². The Labute approximate surface area is 415 Å². The largest absolute Gasteiger partial charge is 0.507 e. The van der Waals surface area contributed by atoms with Gasteiger partial charge in [0.25, 0.3) is 0 Å². The summed E-state index contributed by atoms with van der Waals surface area (Å²) < 4.78 is 2.28. The normalized spacial score (nSPS) is 12.6. The van der Waals surface area contributed by atoms with Crippen molar-refractivity contribution in [1.82, 2.24) is 14.5 Å². The van der Waals surface area contributed by atoms with Gasteiger partial charge in [-0.3, -0.25) is 9.55 Å². The topological polar surface area (TPSA) is 50.9 Å². The van der Waals surface area contributed by atoms with Crippen molar-refractivity contribution in [2.75, 3.05) is 0 Å². The minimum atomic E-state index is -0.325. The SMILES string of the molecule is CC(C)(C)c1ccc(-c2ccnc(-c3[c-]c(-c4cccc5c4nc(-c4cc(C(C)(C)C)cc(C(C)(C)C)c4O)n5-c4cc(-c5ccccc5)cc(C(C)(C)C)c4)cc(C(C)(C)C)c3)c2)cc1.[Pt]. The number of benzene rings is 6. The van der Waals surface area contributed by atoms with Crippen molar-refractivity contribution in [2.45, 2.75) is 131 Å². The average Bonchev–Trinajstić information content (AvgIpc) is 3.64. The minimum absolute atomic E-state index is 0. The molecule has 5 heteroatoms. The van der Waals surface area contributed by atoms with Gasteiger partial charge in [0.05, 0.1) is 16.6 Å². The maximum absolute atomic E-state index is 12.5. The van der Waals surface area contributed by atoms with Crippen LogP contribution in [-0.4, -0.2) is 19.6 Å². The number of aromatic hydroxyl groups is 1. The van der Waals surface area contributed by atoms with Gasteiger partial charge >= 0.3 is 0 Å². The number of phenolic OH excluding ortho intramolecular Hbond substituents is 1. The van der Waals surface area contributed by atoms with Crippen LogP contribution in [0.4, 0.5) is 0 Å². The molecule has 67 heavy (non-hydrogen) atoms. The summed E-state index contributed by atoms with van der Waals surface area (Å²) >= 11 is 0. The van der Waals surface area contributed by atoms with Crippen molar-refractivity contribution in [3.63, 3.8) is 0 Å². The van der Waals surface area contributed by atoms with E-state index in [0.717, 1.165) is 72.5 Å². The second-order valence-corrected chi connectivity index (χ2v) is 23.5. The van der Waals surface area contributed by atoms with Crippen LogP contribution in [-0.2, 0) is 48.1 Å². The van der Waals surface area contributed by atoms with Gasteiger partial charge in [0.1, 0.15) is 11.6 Å². The van der Waals surface area contributed by atoms with Crippen molar-refractivity contribution < 1.29 is 26.2 Å². The molecule has 0 saturated heterocycles. The first kappa shape index (κ1) is 49.3. The molecule has 348 valence electrons. The van der Waals surface area contributed by atoms with Gasteiger partial charge in [-0.15, -0.1) is 29.3 Å². The number of aromatic nitrogens is 3. The zero-order chi connectivity index (χ0) is 47.7. The molecular weight excluding hydrogens is 998 g/mol. The molecule has 0 saturated carbocycles. The van der Waals surface area contributed by atoms with Crippen LogP contribution in [0.5, 0.6) is 5.75 Å². The zero-order valence-corrected chi connectivity index (χ0v) is 44.6.